The Morgan fingerprint density at radius 3 is 2.72 bits per heavy atom. The molecule has 0 spiro atoms. The predicted molar refractivity (Wildman–Crippen MR) is 71.6 cm³/mol. The highest BCUT2D eigenvalue weighted by Crippen LogP contribution is 2.28. The highest BCUT2D eigenvalue weighted by Gasteiger charge is 2.06. The van der Waals surface area contributed by atoms with E-state index in [0.29, 0.717) is 16.4 Å². The van der Waals surface area contributed by atoms with Gasteiger partial charge in [-0.3, -0.25) is 0 Å². The molecular weight excluding hydrogens is 248 g/mol. The minimum absolute atomic E-state index is 0.213. The van der Waals surface area contributed by atoms with Gasteiger partial charge in [0, 0.05) is 23.2 Å². The molecular formula is C14H9ClN2O. The number of phenols is 1. The average Bonchev–Trinajstić information content (AvgIpc) is 2.38. The lowest BCUT2D eigenvalue weighted by atomic mass is 10.1. The van der Waals surface area contributed by atoms with Crippen LogP contribution in [0.25, 0.3) is 22.2 Å². The summed E-state index contributed by atoms with van der Waals surface area (Å²) in [5.41, 5.74) is 2.17. The first-order valence-corrected chi connectivity index (χ1v) is 5.82. The van der Waals surface area contributed by atoms with Gasteiger partial charge in [0.05, 0.1) is 11.2 Å². The van der Waals surface area contributed by atoms with Gasteiger partial charge in [0.15, 0.2) is 0 Å². The van der Waals surface area contributed by atoms with Gasteiger partial charge in [0.1, 0.15) is 10.9 Å². The fraction of sp³-hybridized carbons (Fsp3) is 0. The Morgan fingerprint density at radius 2 is 1.89 bits per heavy atom. The summed E-state index contributed by atoms with van der Waals surface area (Å²) in [5, 5.41) is 11.1. The molecule has 88 valence electrons. The Bertz CT molecular complexity index is 728. The van der Waals surface area contributed by atoms with Crippen molar-refractivity contribution in [3.63, 3.8) is 0 Å². The molecule has 0 aliphatic heterocycles. The molecule has 0 saturated heterocycles. The molecule has 3 aromatic rings. The SMILES string of the molecule is Oc1ccccc1-c1ccc2cnc(Cl)cc2n1. The van der Waals surface area contributed by atoms with E-state index in [0.717, 1.165) is 10.9 Å². The summed E-state index contributed by atoms with van der Waals surface area (Å²) in [4.78, 5) is 8.49. The van der Waals surface area contributed by atoms with Crippen LogP contribution < -0.4 is 0 Å². The van der Waals surface area contributed by atoms with Crippen LogP contribution in [-0.4, -0.2) is 15.1 Å². The summed E-state index contributed by atoms with van der Waals surface area (Å²) in [6.07, 6.45) is 1.68. The predicted octanol–water partition coefficient (Wildman–Crippen LogP) is 3.66. The number of hydrogen-bond donors (Lipinski definition) is 1. The highest BCUT2D eigenvalue weighted by molar-refractivity contribution is 6.30. The Labute approximate surface area is 109 Å². The molecule has 0 radical (unpaired) electrons. The van der Waals surface area contributed by atoms with E-state index in [9.17, 15) is 5.11 Å². The van der Waals surface area contributed by atoms with Crippen molar-refractivity contribution in [3.05, 3.63) is 53.8 Å². The van der Waals surface area contributed by atoms with Crippen molar-refractivity contribution in [2.75, 3.05) is 0 Å². The second-order valence-electron chi connectivity index (χ2n) is 3.91. The van der Waals surface area contributed by atoms with Crippen LogP contribution in [0.3, 0.4) is 0 Å². The van der Waals surface area contributed by atoms with Gasteiger partial charge in [-0.1, -0.05) is 23.7 Å². The number of pyridine rings is 2. The number of aromatic hydroxyl groups is 1. The second kappa shape index (κ2) is 4.27. The van der Waals surface area contributed by atoms with Crippen LogP contribution in [0, 0.1) is 0 Å². The van der Waals surface area contributed by atoms with E-state index in [1.165, 1.54) is 0 Å². The first-order chi connectivity index (χ1) is 8.74. The maximum Gasteiger partial charge on any atom is 0.131 e. The van der Waals surface area contributed by atoms with Gasteiger partial charge in [-0.25, -0.2) is 9.97 Å². The Balaban J connectivity index is 2.22. The van der Waals surface area contributed by atoms with Crippen molar-refractivity contribution in [1.29, 1.82) is 0 Å². The molecule has 3 nitrogen and oxygen atoms in total. The smallest absolute Gasteiger partial charge is 0.131 e. The number of benzene rings is 1. The number of fused-ring (bicyclic) bond motifs is 1. The summed E-state index contributed by atoms with van der Waals surface area (Å²) in [7, 11) is 0. The van der Waals surface area contributed by atoms with Gasteiger partial charge in [-0.15, -0.1) is 0 Å². The minimum atomic E-state index is 0.213. The van der Waals surface area contributed by atoms with Crippen LogP contribution in [0.1, 0.15) is 0 Å². The number of halogens is 1. The zero-order valence-corrected chi connectivity index (χ0v) is 10.1. The summed E-state index contributed by atoms with van der Waals surface area (Å²) < 4.78 is 0. The zero-order chi connectivity index (χ0) is 12.5. The third kappa shape index (κ3) is 1.89. The summed E-state index contributed by atoms with van der Waals surface area (Å²) >= 11 is 5.85. The van der Waals surface area contributed by atoms with Gasteiger partial charge in [0.2, 0.25) is 0 Å². The molecule has 0 unspecified atom stereocenters. The minimum Gasteiger partial charge on any atom is -0.507 e. The quantitative estimate of drug-likeness (QED) is 0.676. The standard InChI is InChI=1S/C14H9ClN2O/c15-14-7-12-9(8-16-14)5-6-11(17-12)10-3-1-2-4-13(10)18/h1-8,18H. The Kier molecular flexibility index (Phi) is 2.61. The second-order valence-corrected chi connectivity index (χ2v) is 4.30. The summed E-state index contributed by atoms with van der Waals surface area (Å²) in [6, 6.07) is 12.6. The number of rotatable bonds is 1. The molecule has 4 heteroatoms. The summed E-state index contributed by atoms with van der Waals surface area (Å²) in [6.45, 7) is 0. The first-order valence-electron chi connectivity index (χ1n) is 5.45. The number of nitrogens with zero attached hydrogens (tertiary/aromatic N) is 2. The van der Waals surface area contributed by atoms with E-state index in [2.05, 4.69) is 9.97 Å². The molecule has 0 aliphatic carbocycles. The molecule has 18 heavy (non-hydrogen) atoms. The fourth-order valence-corrected chi connectivity index (χ4v) is 1.98. The normalized spacial score (nSPS) is 10.7. The highest BCUT2D eigenvalue weighted by atomic mass is 35.5. The number of hydrogen-bond acceptors (Lipinski definition) is 3. The monoisotopic (exact) mass is 256 g/mol. The molecule has 1 N–H and O–H groups in total. The third-order valence-corrected chi connectivity index (χ3v) is 2.93. The van der Waals surface area contributed by atoms with Crippen LogP contribution in [-0.2, 0) is 0 Å². The number of para-hydroxylation sites is 1. The van der Waals surface area contributed by atoms with E-state index in [1.54, 1.807) is 24.4 Å². The van der Waals surface area contributed by atoms with E-state index in [4.69, 9.17) is 11.6 Å². The summed E-state index contributed by atoms with van der Waals surface area (Å²) in [5.74, 6) is 0.213. The lowest BCUT2D eigenvalue weighted by molar-refractivity contribution is 0.477. The maximum atomic E-state index is 9.81. The number of aromatic nitrogens is 2. The molecule has 0 saturated carbocycles. The van der Waals surface area contributed by atoms with Crippen molar-refractivity contribution < 1.29 is 5.11 Å². The van der Waals surface area contributed by atoms with E-state index in [-0.39, 0.29) is 5.75 Å². The lowest BCUT2D eigenvalue weighted by Gasteiger charge is -2.05. The van der Waals surface area contributed by atoms with Gasteiger partial charge < -0.3 is 5.11 Å². The lowest BCUT2D eigenvalue weighted by Crippen LogP contribution is -1.87. The van der Waals surface area contributed by atoms with Gasteiger partial charge >= 0.3 is 0 Å². The molecule has 1 aromatic carbocycles. The molecule has 0 atom stereocenters. The van der Waals surface area contributed by atoms with Gasteiger partial charge in [-0.2, -0.15) is 0 Å². The van der Waals surface area contributed by atoms with Gasteiger partial charge in [-0.05, 0) is 24.3 Å². The van der Waals surface area contributed by atoms with Crippen LogP contribution in [0.5, 0.6) is 5.75 Å². The average molecular weight is 257 g/mol. The van der Waals surface area contributed by atoms with Crippen molar-refractivity contribution in [2.24, 2.45) is 0 Å². The fourth-order valence-electron chi connectivity index (χ4n) is 1.83. The molecule has 0 fully saturated rings. The zero-order valence-electron chi connectivity index (χ0n) is 9.34. The first kappa shape index (κ1) is 11.0. The van der Waals surface area contributed by atoms with Crippen molar-refractivity contribution in [3.8, 4) is 17.0 Å². The van der Waals surface area contributed by atoms with Gasteiger partial charge in [0.25, 0.3) is 0 Å². The maximum absolute atomic E-state index is 9.81. The largest absolute Gasteiger partial charge is 0.507 e. The molecule has 0 aliphatic rings. The topological polar surface area (TPSA) is 46.0 Å². The van der Waals surface area contributed by atoms with Crippen molar-refractivity contribution in [1.82, 2.24) is 9.97 Å². The van der Waals surface area contributed by atoms with Crippen molar-refractivity contribution in [2.45, 2.75) is 0 Å². The van der Waals surface area contributed by atoms with E-state index < -0.39 is 0 Å². The van der Waals surface area contributed by atoms with E-state index >= 15 is 0 Å². The van der Waals surface area contributed by atoms with Crippen LogP contribution in [0.2, 0.25) is 5.15 Å². The third-order valence-electron chi connectivity index (χ3n) is 2.72. The van der Waals surface area contributed by atoms with Crippen LogP contribution in [0.15, 0.2) is 48.7 Å². The molecule has 3 rings (SSSR count). The molecule has 0 amide bonds. The van der Waals surface area contributed by atoms with Crippen molar-refractivity contribution >= 4 is 22.5 Å². The molecule has 0 bridgehead atoms. The van der Waals surface area contributed by atoms with Crippen LogP contribution in [0.4, 0.5) is 0 Å². The molecule has 2 heterocycles. The Morgan fingerprint density at radius 1 is 1.06 bits per heavy atom. The Hall–Kier alpha value is -2.13. The number of phenolic OH excluding ortho intramolecular Hbond substituents is 1. The van der Waals surface area contributed by atoms with E-state index in [1.807, 2.05) is 24.3 Å². The van der Waals surface area contributed by atoms with Crippen LogP contribution >= 0.6 is 11.6 Å². The molecule has 2 aromatic heterocycles.